The van der Waals surface area contributed by atoms with E-state index in [0.717, 1.165) is 18.8 Å². The molecule has 0 amide bonds. The van der Waals surface area contributed by atoms with Crippen molar-refractivity contribution in [3.63, 3.8) is 0 Å². The van der Waals surface area contributed by atoms with Crippen molar-refractivity contribution in [2.75, 3.05) is 13.7 Å². The molecule has 29 heavy (non-hydrogen) atoms. The fourth-order valence-corrected chi connectivity index (χ4v) is 5.37. The molecule has 4 heteroatoms. The van der Waals surface area contributed by atoms with Gasteiger partial charge in [0.15, 0.2) is 0 Å². The molecule has 152 valence electrons. The summed E-state index contributed by atoms with van der Waals surface area (Å²) in [4.78, 5) is 2.71. The van der Waals surface area contributed by atoms with Crippen LogP contribution in [0.5, 0.6) is 5.75 Å². The predicted molar refractivity (Wildman–Crippen MR) is 123 cm³/mol. The topological polar surface area (TPSA) is 33.3 Å². The molecule has 1 fully saturated rings. The minimum atomic E-state index is 0.348. The Hall–Kier alpha value is -2.14. The number of thiophene rings is 1. The maximum Gasteiger partial charge on any atom is 0.123 e. The first-order valence-corrected chi connectivity index (χ1v) is 11.2. The maximum atomic E-state index is 5.67. The van der Waals surface area contributed by atoms with Crippen LogP contribution >= 0.6 is 11.3 Å². The van der Waals surface area contributed by atoms with Crippen LogP contribution in [0.15, 0.2) is 54.6 Å². The van der Waals surface area contributed by atoms with E-state index >= 15 is 0 Å². The van der Waals surface area contributed by atoms with E-state index in [4.69, 9.17) is 4.74 Å². The van der Waals surface area contributed by atoms with Gasteiger partial charge in [0.1, 0.15) is 5.75 Å². The van der Waals surface area contributed by atoms with Crippen LogP contribution < -0.4 is 15.4 Å². The van der Waals surface area contributed by atoms with Crippen LogP contribution in [0.3, 0.4) is 0 Å². The molecule has 1 aliphatic heterocycles. The number of nitrogens with one attached hydrogen (secondary N) is 2. The van der Waals surface area contributed by atoms with Crippen LogP contribution in [-0.4, -0.2) is 19.7 Å². The molecule has 1 saturated heterocycles. The number of piperidine rings is 1. The molecular formula is C25H30N2OS. The van der Waals surface area contributed by atoms with Crippen molar-refractivity contribution >= 4 is 11.3 Å². The van der Waals surface area contributed by atoms with Crippen molar-refractivity contribution in [3.8, 4) is 16.2 Å². The lowest BCUT2D eigenvalue weighted by atomic mass is 9.92. The van der Waals surface area contributed by atoms with Gasteiger partial charge in [0.05, 0.1) is 7.11 Å². The highest BCUT2D eigenvalue weighted by molar-refractivity contribution is 7.15. The average molecular weight is 407 g/mol. The van der Waals surface area contributed by atoms with Crippen molar-refractivity contribution in [1.82, 2.24) is 10.6 Å². The first-order valence-electron chi connectivity index (χ1n) is 10.4. The maximum absolute atomic E-state index is 5.67. The van der Waals surface area contributed by atoms with Crippen molar-refractivity contribution < 1.29 is 4.74 Å². The second-order valence-corrected chi connectivity index (χ2v) is 9.12. The molecule has 2 atom stereocenters. The Labute approximate surface area is 178 Å². The van der Waals surface area contributed by atoms with Gasteiger partial charge in [-0.3, -0.25) is 0 Å². The Kier molecular flexibility index (Phi) is 6.34. The molecular weight excluding hydrogens is 376 g/mol. The highest BCUT2D eigenvalue weighted by atomic mass is 32.1. The normalized spacial score (nSPS) is 19.3. The third-order valence-corrected chi connectivity index (χ3v) is 6.96. The number of aryl methyl sites for hydroxylation is 2. The zero-order valence-corrected chi connectivity index (χ0v) is 18.3. The lowest BCUT2D eigenvalue weighted by molar-refractivity contribution is 0.303. The van der Waals surface area contributed by atoms with Gasteiger partial charge >= 0.3 is 0 Å². The summed E-state index contributed by atoms with van der Waals surface area (Å²) in [5.41, 5.74) is 5.19. The number of ether oxygens (including phenoxy) is 1. The lowest BCUT2D eigenvalue weighted by Crippen LogP contribution is -2.45. The van der Waals surface area contributed by atoms with E-state index in [2.05, 4.69) is 79.1 Å². The molecule has 1 aromatic heterocycles. The van der Waals surface area contributed by atoms with Crippen LogP contribution in [-0.2, 0) is 6.54 Å². The SMILES string of the molecule is COc1ccc(-c2sc(C)cc2C)cc1CNC1CCCNC1c1ccccc1. The quantitative estimate of drug-likeness (QED) is 0.557. The Morgan fingerprint density at radius 3 is 2.66 bits per heavy atom. The van der Waals surface area contributed by atoms with Gasteiger partial charge in [0.25, 0.3) is 0 Å². The number of methoxy groups -OCH3 is 1. The Morgan fingerprint density at radius 1 is 1.10 bits per heavy atom. The van der Waals surface area contributed by atoms with Crippen LogP contribution in [0.4, 0.5) is 0 Å². The summed E-state index contributed by atoms with van der Waals surface area (Å²) in [6, 6.07) is 20.4. The smallest absolute Gasteiger partial charge is 0.123 e. The third-order valence-electron chi connectivity index (χ3n) is 5.76. The van der Waals surface area contributed by atoms with Crippen LogP contribution in [0.25, 0.3) is 10.4 Å². The van der Waals surface area contributed by atoms with Gasteiger partial charge in [0.2, 0.25) is 0 Å². The summed E-state index contributed by atoms with van der Waals surface area (Å²) in [6.07, 6.45) is 2.38. The Bertz CT molecular complexity index is 951. The molecule has 4 rings (SSSR count). The molecule has 0 aliphatic carbocycles. The standard InChI is InChI=1S/C25H30N2OS/c1-17-14-18(2)29-25(17)20-11-12-23(28-3)21(15-20)16-27-22-10-7-13-26-24(22)19-8-5-4-6-9-19/h4-6,8-9,11-12,14-15,22,24,26-27H,7,10,13,16H2,1-3H3. The van der Waals surface area contributed by atoms with E-state index in [9.17, 15) is 0 Å². The molecule has 1 aliphatic rings. The molecule has 0 radical (unpaired) electrons. The number of hydrogen-bond donors (Lipinski definition) is 2. The molecule has 3 aromatic rings. The molecule has 0 saturated carbocycles. The van der Waals surface area contributed by atoms with Gasteiger partial charge < -0.3 is 15.4 Å². The molecule has 0 spiro atoms. The molecule has 2 unspecified atom stereocenters. The van der Waals surface area contributed by atoms with Crippen LogP contribution in [0, 0.1) is 13.8 Å². The second-order valence-electron chi connectivity index (χ2n) is 7.87. The summed E-state index contributed by atoms with van der Waals surface area (Å²) in [7, 11) is 1.76. The van der Waals surface area contributed by atoms with Crippen LogP contribution in [0.1, 0.15) is 40.5 Å². The minimum absolute atomic E-state index is 0.348. The summed E-state index contributed by atoms with van der Waals surface area (Å²) in [6.45, 7) is 6.25. The molecule has 2 heterocycles. The Morgan fingerprint density at radius 2 is 1.93 bits per heavy atom. The van der Waals surface area contributed by atoms with Gasteiger partial charge in [-0.25, -0.2) is 0 Å². The van der Waals surface area contributed by atoms with E-state index in [1.165, 1.54) is 44.8 Å². The van der Waals surface area contributed by atoms with Gasteiger partial charge in [-0.1, -0.05) is 30.3 Å². The molecule has 2 N–H and O–H groups in total. The first-order chi connectivity index (χ1) is 14.2. The summed E-state index contributed by atoms with van der Waals surface area (Å²) >= 11 is 1.86. The summed E-state index contributed by atoms with van der Waals surface area (Å²) < 4.78 is 5.67. The van der Waals surface area contributed by atoms with Crippen molar-refractivity contribution in [3.05, 3.63) is 76.2 Å². The van der Waals surface area contributed by atoms with Crippen molar-refractivity contribution in [2.45, 2.75) is 45.3 Å². The van der Waals surface area contributed by atoms with Crippen molar-refractivity contribution in [2.24, 2.45) is 0 Å². The van der Waals surface area contributed by atoms with Crippen LogP contribution in [0.2, 0.25) is 0 Å². The number of benzene rings is 2. The van der Waals surface area contributed by atoms with Gasteiger partial charge in [-0.2, -0.15) is 0 Å². The zero-order chi connectivity index (χ0) is 20.2. The second kappa shape index (κ2) is 9.12. The van der Waals surface area contributed by atoms with E-state index < -0.39 is 0 Å². The first kappa shape index (κ1) is 20.1. The predicted octanol–water partition coefficient (Wildman–Crippen LogP) is 5.62. The highest BCUT2D eigenvalue weighted by Crippen LogP contribution is 2.35. The molecule has 2 aromatic carbocycles. The zero-order valence-electron chi connectivity index (χ0n) is 17.5. The Balaban J connectivity index is 1.55. The fourth-order valence-electron chi connectivity index (χ4n) is 4.35. The average Bonchev–Trinajstić information content (AvgIpc) is 3.10. The lowest BCUT2D eigenvalue weighted by Gasteiger charge is -2.34. The summed E-state index contributed by atoms with van der Waals surface area (Å²) in [5.74, 6) is 0.951. The van der Waals surface area contributed by atoms with E-state index in [-0.39, 0.29) is 0 Å². The largest absolute Gasteiger partial charge is 0.496 e. The number of hydrogen-bond acceptors (Lipinski definition) is 4. The van der Waals surface area contributed by atoms with E-state index in [1.54, 1.807) is 7.11 Å². The fraction of sp³-hybridized carbons (Fsp3) is 0.360. The molecule has 0 bridgehead atoms. The third kappa shape index (κ3) is 4.55. The van der Waals surface area contributed by atoms with Gasteiger partial charge in [-0.05, 0) is 74.2 Å². The monoisotopic (exact) mass is 406 g/mol. The minimum Gasteiger partial charge on any atom is -0.496 e. The number of rotatable bonds is 6. The van der Waals surface area contributed by atoms with Gasteiger partial charge in [-0.15, -0.1) is 11.3 Å². The van der Waals surface area contributed by atoms with Crippen molar-refractivity contribution in [1.29, 1.82) is 0 Å². The van der Waals surface area contributed by atoms with Gasteiger partial charge in [0, 0.05) is 33.9 Å². The van der Waals surface area contributed by atoms with E-state index in [1.807, 2.05) is 11.3 Å². The molecule has 3 nitrogen and oxygen atoms in total. The highest BCUT2D eigenvalue weighted by Gasteiger charge is 2.25. The van der Waals surface area contributed by atoms with E-state index in [0.29, 0.717) is 12.1 Å². The summed E-state index contributed by atoms with van der Waals surface area (Å²) in [5, 5.41) is 7.53.